The van der Waals surface area contributed by atoms with Crippen LogP contribution in [0.4, 0.5) is 5.69 Å². The molecule has 8 heteroatoms. The minimum atomic E-state index is -0.366. The number of hydrogen-bond donors (Lipinski definition) is 2. The molecule has 0 bridgehead atoms. The average Bonchev–Trinajstić information content (AvgIpc) is 2.66. The van der Waals surface area contributed by atoms with Gasteiger partial charge in [0.25, 0.3) is 0 Å². The second-order valence-electron chi connectivity index (χ2n) is 6.06. The van der Waals surface area contributed by atoms with Crippen LogP contribution in [0.25, 0.3) is 0 Å². The van der Waals surface area contributed by atoms with Crippen LogP contribution in [-0.2, 0) is 9.59 Å². The van der Waals surface area contributed by atoms with E-state index in [-0.39, 0.29) is 29.9 Å². The minimum absolute atomic E-state index is 0.0423. The standard InChI is InChI=1S/C20H15Cl2N3O2S/c21-13-6-4-12(5-7-13)16-9-18(26)25-20(17(16)10-23)28-11-19(27)24-15-3-1-2-14(22)8-15/h1-8,16H,9,11H2,(H,24,27)(H,25,26)/t16-/m0/s1. The van der Waals surface area contributed by atoms with Crippen molar-refractivity contribution in [3.63, 3.8) is 0 Å². The Morgan fingerprint density at radius 3 is 2.64 bits per heavy atom. The number of allylic oxidation sites excluding steroid dienone is 1. The first-order valence-corrected chi connectivity index (χ1v) is 10.1. The zero-order valence-corrected chi connectivity index (χ0v) is 16.9. The zero-order chi connectivity index (χ0) is 20.1. The van der Waals surface area contributed by atoms with Gasteiger partial charge in [-0.3, -0.25) is 9.59 Å². The third kappa shape index (κ3) is 5.08. The minimum Gasteiger partial charge on any atom is -0.325 e. The summed E-state index contributed by atoms with van der Waals surface area (Å²) in [5.41, 5.74) is 1.85. The Hall–Kier alpha value is -2.46. The topological polar surface area (TPSA) is 82.0 Å². The highest BCUT2D eigenvalue weighted by Gasteiger charge is 2.29. The van der Waals surface area contributed by atoms with Crippen molar-refractivity contribution in [3.05, 3.63) is 74.7 Å². The van der Waals surface area contributed by atoms with E-state index in [4.69, 9.17) is 23.2 Å². The summed E-state index contributed by atoms with van der Waals surface area (Å²) < 4.78 is 0. The van der Waals surface area contributed by atoms with Gasteiger partial charge >= 0.3 is 0 Å². The van der Waals surface area contributed by atoms with E-state index in [0.717, 1.165) is 17.3 Å². The Labute approximate surface area is 176 Å². The SMILES string of the molecule is N#CC1=C(SCC(=O)Nc2cccc(Cl)c2)NC(=O)C[C@H]1c1ccc(Cl)cc1. The number of thioether (sulfide) groups is 1. The van der Waals surface area contributed by atoms with Gasteiger partial charge in [-0.25, -0.2) is 0 Å². The summed E-state index contributed by atoms with van der Waals surface area (Å²) in [5, 5.41) is 16.6. The van der Waals surface area contributed by atoms with Crippen LogP contribution in [0.5, 0.6) is 0 Å². The van der Waals surface area contributed by atoms with Crippen molar-refractivity contribution in [2.24, 2.45) is 0 Å². The fraction of sp³-hybridized carbons (Fsp3) is 0.150. The zero-order valence-electron chi connectivity index (χ0n) is 14.5. The predicted molar refractivity (Wildman–Crippen MR) is 112 cm³/mol. The molecule has 0 saturated heterocycles. The average molecular weight is 432 g/mol. The van der Waals surface area contributed by atoms with Gasteiger partial charge in [-0.2, -0.15) is 5.26 Å². The molecule has 0 radical (unpaired) electrons. The highest BCUT2D eigenvalue weighted by molar-refractivity contribution is 8.03. The molecule has 2 amide bonds. The van der Waals surface area contributed by atoms with Crippen molar-refractivity contribution in [1.29, 1.82) is 5.26 Å². The summed E-state index contributed by atoms with van der Waals surface area (Å²) in [6.45, 7) is 0. The number of nitrogens with one attached hydrogen (secondary N) is 2. The molecule has 142 valence electrons. The lowest BCUT2D eigenvalue weighted by Gasteiger charge is -2.25. The monoisotopic (exact) mass is 431 g/mol. The number of carbonyl (C=O) groups is 2. The van der Waals surface area contributed by atoms with Crippen LogP contribution in [0.2, 0.25) is 10.0 Å². The molecule has 0 spiro atoms. The summed E-state index contributed by atoms with van der Waals surface area (Å²) in [6.07, 6.45) is 0.170. The van der Waals surface area contributed by atoms with Gasteiger partial charge in [-0.1, -0.05) is 53.2 Å². The molecule has 2 aromatic carbocycles. The maximum Gasteiger partial charge on any atom is 0.234 e. The van der Waals surface area contributed by atoms with E-state index in [1.54, 1.807) is 48.5 Å². The van der Waals surface area contributed by atoms with E-state index in [0.29, 0.717) is 26.3 Å². The molecule has 2 aromatic rings. The first-order chi connectivity index (χ1) is 13.5. The third-order valence-corrected chi connectivity index (χ3v) is 5.59. The Morgan fingerprint density at radius 2 is 1.96 bits per heavy atom. The molecule has 1 heterocycles. The second-order valence-corrected chi connectivity index (χ2v) is 7.92. The molecule has 0 saturated carbocycles. The van der Waals surface area contributed by atoms with E-state index in [1.165, 1.54) is 0 Å². The van der Waals surface area contributed by atoms with Crippen molar-refractivity contribution in [1.82, 2.24) is 5.32 Å². The molecule has 28 heavy (non-hydrogen) atoms. The fourth-order valence-corrected chi connectivity index (χ4v) is 4.01. The van der Waals surface area contributed by atoms with Gasteiger partial charge in [0.05, 0.1) is 22.4 Å². The number of benzene rings is 2. The van der Waals surface area contributed by atoms with E-state index in [9.17, 15) is 14.9 Å². The van der Waals surface area contributed by atoms with Crippen LogP contribution in [0.15, 0.2) is 59.1 Å². The predicted octanol–water partition coefficient (Wildman–Crippen LogP) is 4.70. The number of nitrogens with zero attached hydrogens (tertiary/aromatic N) is 1. The van der Waals surface area contributed by atoms with Crippen LogP contribution in [-0.4, -0.2) is 17.6 Å². The number of amides is 2. The highest BCUT2D eigenvalue weighted by atomic mass is 35.5. The lowest BCUT2D eigenvalue weighted by Crippen LogP contribution is -2.31. The van der Waals surface area contributed by atoms with Crippen molar-refractivity contribution in [2.75, 3.05) is 11.1 Å². The van der Waals surface area contributed by atoms with E-state index in [2.05, 4.69) is 16.7 Å². The lowest BCUT2D eigenvalue weighted by atomic mass is 9.87. The number of nitriles is 1. The Morgan fingerprint density at radius 1 is 1.21 bits per heavy atom. The molecule has 0 unspecified atom stereocenters. The number of hydrogen-bond acceptors (Lipinski definition) is 4. The summed E-state index contributed by atoms with van der Waals surface area (Å²) in [6, 6.07) is 16.1. The lowest BCUT2D eigenvalue weighted by molar-refractivity contribution is -0.121. The largest absolute Gasteiger partial charge is 0.325 e. The molecular weight excluding hydrogens is 417 g/mol. The van der Waals surface area contributed by atoms with E-state index in [1.807, 2.05) is 0 Å². The van der Waals surface area contributed by atoms with Crippen molar-refractivity contribution in [2.45, 2.75) is 12.3 Å². The maximum atomic E-state index is 12.2. The van der Waals surface area contributed by atoms with Crippen LogP contribution in [0.1, 0.15) is 17.9 Å². The quantitative estimate of drug-likeness (QED) is 0.718. The molecule has 0 aliphatic carbocycles. The molecule has 5 nitrogen and oxygen atoms in total. The van der Waals surface area contributed by atoms with Gasteiger partial charge in [0.15, 0.2) is 0 Å². The second kappa shape index (κ2) is 9.16. The Balaban J connectivity index is 1.74. The van der Waals surface area contributed by atoms with E-state index >= 15 is 0 Å². The van der Waals surface area contributed by atoms with Crippen LogP contribution in [0.3, 0.4) is 0 Å². The van der Waals surface area contributed by atoms with Gasteiger partial charge in [0, 0.05) is 28.1 Å². The van der Waals surface area contributed by atoms with Gasteiger partial charge in [-0.15, -0.1) is 0 Å². The molecule has 3 rings (SSSR count). The van der Waals surface area contributed by atoms with Gasteiger partial charge in [-0.05, 0) is 35.9 Å². The van der Waals surface area contributed by atoms with E-state index < -0.39 is 0 Å². The first-order valence-electron chi connectivity index (χ1n) is 8.34. The van der Waals surface area contributed by atoms with Crippen molar-refractivity contribution >= 4 is 52.5 Å². The maximum absolute atomic E-state index is 12.2. The molecule has 0 aromatic heterocycles. The van der Waals surface area contributed by atoms with Crippen molar-refractivity contribution < 1.29 is 9.59 Å². The third-order valence-electron chi connectivity index (χ3n) is 4.08. The van der Waals surface area contributed by atoms with Crippen LogP contribution < -0.4 is 10.6 Å². The van der Waals surface area contributed by atoms with Crippen LogP contribution in [0, 0.1) is 11.3 Å². The number of anilines is 1. The molecule has 1 atom stereocenters. The van der Waals surface area contributed by atoms with Gasteiger partial charge < -0.3 is 10.6 Å². The molecule has 1 aliphatic heterocycles. The smallest absolute Gasteiger partial charge is 0.234 e. The summed E-state index contributed by atoms with van der Waals surface area (Å²) in [4.78, 5) is 24.4. The number of halogens is 2. The van der Waals surface area contributed by atoms with Gasteiger partial charge in [0.2, 0.25) is 11.8 Å². The normalized spacial score (nSPS) is 16.3. The molecular formula is C20H15Cl2N3O2S. The summed E-state index contributed by atoms with van der Waals surface area (Å²) >= 11 is 13.0. The Kier molecular flexibility index (Phi) is 6.63. The summed E-state index contributed by atoms with van der Waals surface area (Å²) in [7, 11) is 0. The van der Waals surface area contributed by atoms with Crippen molar-refractivity contribution in [3.8, 4) is 6.07 Å². The number of carbonyl (C=O) groups excluding carboxylic acids is 2. The summed E-state index contributed by atoms with van der Waals surface area (Å²) in [5.74, 6) is -0.785. The number of rotatable bonds is 5. The highest BCUT2D eigenvalue weighted by Crippen LogP contribution is 2.36. The van der Waals surface area contributed by atoms with Gasteiger partial charge in [0.1, 0.15) is 0 Å². The molecule has 2 N–H and O–H groups in total. The first kappa shape index (κ1) is 20.3. The molecule has 1 aliphatic rings. The van der Waals surface area contributed by atoms with Crippen LogP contribution >= 0.6 is 35.0 Å². The molecule has 0 fully saturated rings. The Bertz CT molecular complexity index is 984. The fourth-order valence-electron chi connectivity index (χ4n) is 2.81.